The largest absolute Gasteiger partial charge is 0.367 e. The van der Waals surface area contributed by atoms with Crippen molar-refractivity contribution in [2.75, 3.05) is 25.5 Å². The molecule has 0 saturated heterocycles. The van der Waals surface area contributed by atoms with Crippen LogP contribution >= 0.6 is 11.6 Å². The second kappa shape index (κ2) is 4.77. The highest BCUT2D eigenvalue weighted by molar-refractivity contribution is 6.29. The molecule has 0 unspecified atom stereocenters. The third-order valence-electron chi connectivity index (χ3n) is 2.57. The van der Waals surface area contributed by atoms with Crippen LogP contribution in [0.3, 0.4) is 0 Å². The van der Waals surface area contributed by atoms with Crippen molar-refractivity contribution in [3.05, 3.63) is 17.3 Å². The number of aromatic nitrogens is 2. The highest BCUT2D eigenvalue weighted by Crippen LogP contribution is 2.24. The summed E-state index contributed by atoms with van der Waals surface area (Å²) in [5.74, 6) is 0.781. The number of rotatable bonds is 5. The van der Waals surface area contributed by atoms with Gasteiger partial charge in [0.25, 0.3) is 0 Å². The van der Waals surface area contributed by atoms with Gasteiger partial charge in [-0.2, -0.15) is 0 Å². The molecule has 82 valence electrons. The maximum absolute atomic E-state index is 5.64. The first-order valence-corrected chi connectivity index (χ1v) is 5.57. The number of hydrogen-bond acceptors (Lipinski definition) is 4. The third kappa shape index (κ3) is 3.32. The van der Waals surface area contributed by atoms with E-state index in [9.17, 15) is 0 Å². The molecule has 0 bridgehead atoms. The Kier molecular flexibility index (Phi) is 3.38. The molecule has 1 N–H and O–H groups in total. The van der Waals surface area contributed by atoms with Gasteiger partial charge in [0, 0.05) is 19.1 Å². The van der Waals surface area contributed by atoms with E-state index in [4.69, 9.17) is 11.6 Å². The summed E-state index contributed by atoms with van der Waals surface area (Å²) in [5, 5.41) is 11.3. The van der Waals surface area contributed by atoms with Crippen LogP contribution in [-0.4, -0.2) is 41.3 Å². The monoisotopic (exact) mass is 226 g/mol. The highest BCUT2D eigenvalue weighted by Gasteiger charge is 2.25. The molecular weight excluding hydrogens is 212 g/mol. The van der Waals surface area contributed by atoms with Gasteiger partial charge in [0.05, 0.1) is 0 Å². The molecule has 1 heterocycles. The number of nitrogens with zero attached hydrogens (tertiary/aromatic N) is 3. The van der Waals surface area contributed by atoms with Gasteiger partial charge in [-0.15, -0.1) is 10.2 Å². The van der Waals surface area contributed by atoms with Gasteiger partial charge in [0.1, 0.15) is 5.82 Å². The molecule has 0 radical (unpaired) electrons. The fourth-order valence-electron chi connectivity index (χ4n) is 1.47. The predicted molar refractivity (Wildman–Crippen MR) is 61.2 cm³/mol. The Hall–Kier alpha value is -0.870. The summed E-state index contributed by atoms with van der Waals surface area (Å²) < 4.78 is 0. The van der Waals surface area contributed by atoms with Crippen molar-refractivity contribution in [3.63, 3.8) is 0 Å². The van der Waals surface area contributed by atoms with Crippen molar-refractivity contribution in [1.82, 2.24) is 15.1 Å². The molecule has 0 atom stereocenters. The summed E-state index contributed by atoms with van der Waals surface area (Å²) in [6.45, 7) is 1.93. The lowest BCUT2D eigenvalue weighted by Crippen LogP contribution is -2.27. The smallest absolute Gasteiger partial charge is 0.151 e. The van der Waals surface area contributed by atoms with Crippen LogP contribution in [0, 0.1) is 0 Å². The Morgan fingerprint density at radius 3 is 2.87 bits per heavy atom. The zero-order valence-corrected chi connectivity index (χ0v) is 9.54. The summed E-state index contributed by atoms with van der Waals surface area (Å²) >= 11 is 5.64. The van der Waals surface area contributed by atoms with E-state index in [1.54, 1.807) is 6.07 Å². The van der Waals surface area contributed by atoms with Crippen LogP contribution in [0.15, 0.2) is 12.1 Å². The highest BCUT2D eigenvalue weighted by atomic mass is 35.5. The summed E-state index contributed by atoms with van der Waals surface area (Å²) in [7, 11) is 2.16. The van der Waals surface area contributed by atoms with Gasteiger partial charge in [0.15, 0.2) is 5.15 Å². The normalized spacial score (nSPS) is 15.7. The molecule has 1 aromatic rings. The molecule has 2 rings (SSSR count). The van der Waals surface area contributed by atoms with E-state index in [1.807, 2.05) is 6.07 Å². The van der Waals surface area contributed by atoms with Gasteiger partial charge in [-0.05, 0) is 32.0 Å². The Morgan fingerprint density at radius 2 is 2.27 bits per heavy atom. The first kappa shape index (κ1) is 10.6. The van der Waals surface area contributed by atoms with Gasteiger partial charge < -0.3 is 10.2 Å². The number of hydrogen-bond donors (Lipinski definition) is 1. The quantitative estimate of drug-likeness (QED) is 0.829. The number of likely N-dealkylation sites (N-methyl/N-ethyl adjacent to an activating group) is 1. The minimum Gasteiger partial charge on any atom is -0.367 e. The molecule has 1 aliphatic carbocycles. The van der Waals surface area contributed by atoms with Crippen molar-refractivity contribution in [2.45, 2.75) is 18.9 Å². The molecule has 1 saturated carbocycles. The molecule has 4 nitrogen and oxygen atoms in total. The summed E-state index contributed by atoms with van der Waals surface area (Å²) in [4.78, 5) is 2.37. The van der Waals surface area contributed by atoms with Gasteiger partial charge in [0.2, 0.25) is 0 Å². The second-order valence-electron chi connectivity index (χ2n) is 3.88. The molecule has 1 aliphatic rings. The van der Waals surface area contributed by atoms with Crippen molar-refractivity contribution in [3.8, 4) is 0 Å². The van der Waals surface area contributed by atoms with Crippen molar-refractivity contribution in [2.24, 2.45) is 0 Å². The summed E-state index contributed by atoms with van der Waals surface area (Å²) in [6.07, 6.45) is 2.69. The average molecular weight is 227 g/mol. The fourth-order valence-corrected chi connectivity index (χ4v) is 1.57. The molecule has 0 spiro atoms. The van der Waals surface area contributed by atoms with E-state index in [2.05, 4.69) is 27.5 Å². The SMILES string of the molecule is CN(CCNc1ccc(Cl)nn1)C1CC1. The molecule has 0 amide bonds. The molecule has 0 aromatic carbocycles. The average Bonchev–Trinajstić information content (AvgIpc) is 3.04. The van der Waals surface area contributed by atoms with Crippen LogP contribution in [-0.2, 0) is 0 Å². The zero-order chi connectivity index (χ0) is 10.7. The van der Waals surface area contributed by atoms with Gasteiger partial charge >= 0.3 is 0 Å². The van der Waals surface area contributed by atoms with Gasteiger partial charge in [-0.1, -0.05) is 11.6 Å². The predicted octanol–water partition coefficient (Wildman–Crippen LogP) is 1.64. The molecule has 15 heavy (non-hydrogen) atoms. The second-order valence-corrected chi connectivity index (χ2v) is 4.27. The van der Waals surface area contributed by atoms with Crippen LogP contribution in [0.25, 0.3) is 0 Å². The first-order valence-electron chi connectivity index (χ1n) is 5.19. The molecule has 1 fully saturated rings. The number of halogens is 1. The minimum absolute atomic E-state index is 0.427. The van der Waals surface area contributed by atoms with Crippen LogP contribution < -0.4 is 5.32 Å². The lowest BCUT2D eigenvalue weighted by Gasteiger charge is -2.15. The molecule has 1 aromatic heterocycles. The number of anilines is 1. The van der Waals surface area contributed by atoms with Crippen molar-refractivity contribution in [1.29, 1.82) is 0 Å². The van der Waals surface area contributed by atoms with Gasteiger partial charge in [-0.25, -0.2) is 0 Å². The Balaban J connectivity index is 1.70. The summed E-state index contributed by atoms with van der Waals surface area (Å²) in [5.41, 5.74) is 0. The maximum atomic E-state index is 5.64. The lowest BCUT2D eigenvalue weighted by atomic mass is 10.4. The maximum Gasteiger partial charge on any atom is 0.151 e. The van der Waals surface area contributed by atoms with E-state index >= 15 is 0 Å². The molecular formula is C10H15ClN4. The molecule has 0 aliphatic heterocycles. The van der Waals surface area contributed by atoms with Gasteiger partial charge in [-0.3, -0.25) is 0 Å². The minimum atomic E-state index is 0.427. The van der Waals surface area contributed by atoms with E-state index in [0.29, 0.717) is 5.15 Å². The zero-order valence-electron chi connectivity index (χ0n) is 8.78. The van der Waals surface area contributed by atoms with E-state index < -0.39 is 0 Å². The fraction of sp³-hybridized carbons (Fsp3) is 0.600. The third-order valence-corrected chi connectivity index (χ3v) is 2.77. The standard InChI is InChI=1S/C10H15ClN4/c1-15(8-2-3-8)7-6-12-10-5-4-9(11)13-14-10/h4-5,8H,2-3,6-7H2,1H3,(H,12,14). The van der Waals surface area contributed by atoms with Crippen molar-refractivity contribution < 1.29 is 0 Å². The van der Waals surface area contributed by atoms with E-state index in [-0.39, 0.29) is 0 Å². The van der Waals surface area contributed by atoms with E-state index in [1.165, 1.54) is 12.8 Å². The first-order chi connectivity index (χ1) is 7.25. The van der Waals surface area contributed by atoms with Crippen LogP contribution in [0.2, 0.25) is 5.15 Å². The van der Waals surface area contributed by atoms with Crippen LogP contribution in [0.1, 0.15) is 12.8 Å². The Bertz CT molecular complexity index is 310. The van der Waals surface area contributed by atoms with Crippen LogP contribution in [0.5, 0.6) is 0 Å². The van der Waals surface area contributed by atoms with E-state index in [0.717, 1.165) is 24.9 Å². The lowest BCUT2D eigenvalue weighted by molar-refractivity contribution is 0.337. The van der Waals surface area contributed by atoms with Crippen LogP contribution in [0.4, 0.5) is 5.82 Å². The molecule has 5 heteroatoms. The topological polar surface area (TPSA) is 41.0 Å². The summed E-state index contributed by atoms with van der Waals surface area (Å²) in [6, 6.07) is 4.39. The van der Waals surface area contributed by atoms with Crippen molar-refractivity contribution >= 4 is 17.4 Å². The Labute approximate surface area is 94.6 Å². The number of nitrogens with one attached hydrogen (secondary N) is 1. The Morgan fingerprint density at radius 1 is 1.47 bits per heavy atom.